The van der Waals surface area contributed by atoms with Gasteiger partial charge in [0.05, 0.1) is 17.1 Å². The van der Waals surface area contributed by atoms with Crippen LogP contribution in [0.15, 0.2) is 12.4 Å². The predicted molar refractivity (Wildman–Crippen MR) is 92.4 cm³/mol. The summed E-state index contributed by atoms with van der Waals surface area (Å²) < 4.78 is 1.89. The Morgan fingerprint density at radius 2 is 2.04 bits per heavy atom. The molecule has 1 amide bonds. The number of rotatable bonds is 3. The van der Waals surface area contributed by atoms with Gasteiger partial charge in [-0.25, -0.2) is 0 Å². The van der Waals surface area contributed by atoms with E-state index >= 15 is 0 Å². The van der Waals surface area contributed by atoms with Crippen LogP contribution in [-0.2, 0) is 18.3 Å². The Morgan fingerprint density at radius 3 is 2.71 bits per heavy atom. The minimum Gasteiger partial charge on any atom is -0.343 e. The van der Waals surface area contributed by atoms with Gasteiger partial charge in [0.25, 0.3) is 0 Å². The molecule has 2 aromatic rings. The smallest absolute Gasteiger partial charge is 0.219 e. The Morgan fingerprint density at radius 1 is 1.29 bits per heavy atom. The predicted octanol–water partition coefficient (Wildman–Crippen LogP) is 2.29. The third-order valence-electron chi connectivity index (χ3n) is 4.97. The first-order chi connectivity index (χ1) is 11.5. The van der Waals surface area contributed by atoms with E-state index in [2.05, 4.69) is 22.0 Å². The van der Waals surface area contributed by atoms with Gasteiger partial charge in [0.2, 0.25) is 5.91 Å². The molecule has 0 bridgehead atoms. The van der Waals surface area contributed by atoms with E-state index < -0.39 is 0 Å². The molecule has 0 radical (unpaired) electrons. The highest BCUT2D eigenvalue weighted by atomic mass is 16.2. The lowest BCUT2D eigenvalue weighted by Crippen LogP contribution is -2.39. The average Bonchev–Trinajstić information content (AvgIpc) is 2.81. The number of piperidine rings is 1. The zero-order valence-electron chi connectivity index (χ0n) is 14.9. The van der Waals surface area contributed by atoms with Gasteiger partial charge in [-0.15, -0.1) is 0 Å². The first-order valence-electron chi connectivity index (χ1n) is 8.53. The van der Waals surface area contributed by atoms with Crippen molar-refractivity contribution >= 4 is 5.91 Å². The summed E-state index contributed by atoms with van der Waals surface area (Å²) in [6, 6.07) is 0. The van der Waals surface area contributed by atoms with Crippen LogP contribution in [0.2, 0.25) is 0 Å². The van der Waals surface area contributed by atoms with Crippen LogP contribution >= 0.6 is 0 Å². The summed E-state index contributed by atoms with van der Waals surface area (Å²) in [5, 5.41) is 4.51. The van der Waals surface area contributed by atoms with Crippen LogP contribution in [0.5, 0.6) is 0 Å². The summed E-state index contributed by atoms with van der Waals surface area (Å²) in [6.07, 6.45) is 6.54. The number of aryl methyl sites for hydroxylation is 2. The maximum absolute atomic E-state index is 11.7. The van der Waals surface area contributed by atoms with Crippen molar-refractivity contribution in [2.45, 2.75) is 40.0 Å². The molecule has 1 aliphatic heterocycles. The maximum Gasteiger partial charge on any atom is 0.219 e. The van der Waals surface area contributed by atoms with E-state index in [1.807, 2.05) is 23.6 Å². The number of hydrogen-bond donors (Lipinski definition) is 0. The van der Waals surface area contributed by atoms with Gasteiger partial charge in [-0.2, -0.15) is 5.10 Å². The molecule has 1 saturated heterocycles. The Balaban J connectivity index is 1.89. The number of hydrogen-bond acceptors (Lipinski definition) is 4. The van der Waals surface area contributed by atoms with Gasteiger partial charge >= 0.3 is 0 Å². The van der Waals surface area contributed by atoms with Crippen LogP contribution in [0, 0.1) is 19.8 Å². The van der Waals surface area contributed by atoms with E-state index in [9.17, 15) is 4.79 Å². The second-order valence-electron chi connectivity index (χ2n) is 6.70. The van der Waals surface area contributed by atoms with E-state index in [0.29, 0.717) is 5.92 Å². The van der Waals surface area contributed by atoms with Crippen LogP contribution in [-0.4, -0.2) is 43.6 Å². The van der Waals surface area contributed by atoms with Crippen molar-refractivity contribution < 1.29 is 4.79 Å². The fourth-order valence-electron chi connectivity index (χ4n) is 3.63. The summed E-state index contributed by atoms with van der Waals surface area (Å²) in [7, 11) is 1.95. The van der Waals surface area contributed by atoms with Crippen molar-refractivity contribution in [3.8, 4) is 11.3 Å². The van der Waals surface area contributed by atoms with Crippen molar-refractivity contribution in [3.63, 3.8) is 0 Å². The minimum atomic E-state index is 0.165. The standard InChI is InChI=1S/C18H25N5O/c1-12-17(13(2)22(4)21-12)18-16(19-7-8-20-18)10-15-6-5-9-23(11-15)14(3)24/h7-8,15H,5-6,9-11H2,1-4H3/t15-/m1/s1. The van der Waals surface area contributed by atoms with Gasteiger partial charge in [0.15, 0.2) is 0 Å². The highest BCUT2D eigenvalue weighted by molar-refractivity contribution is 5.73. The molecule has 1 fully saturated rings. The zero-order chi connectivity index (χ0) is 17.3. The Labute approximate surface area is 142 Å². The van der Waals surface area contributed by atoms with E-state index in [-0.39, 0.29) is 5.91 Å². The number of carbonyl (C=O) groups is 1. The number of likely N-dealkylation sites (tertiary alicyclic amines) is 1. The van der Waals surface area contributed by atoms with Crippen LogP contribution in [0.3, 0.4) is 0 Å². The minimum absolute atomic E-state index is 0.165. The quantitative estimate of drug-likeness (QED) is 0.868. The van der Waals surface area contributed by atoms with Crippen molar-refractivity contribution in [1.82, 2.24) is 24.6 Å². The van der Waals surface area contributed by atoms with Gasteiger partial charge in [-0.3, -0.25) is 19.4 Å². The zero-order valence-corrected chi connectivity index (χ0v) is 14.9. The van der Waals surface area contributed by atoms with Gasteiger partial charge in [-0.1, -0.05) is 0 Å². The summed E-state index contributed by atoms with van der Waals surface area (Å²) >= 11 is 0. The van der Waals surface area contributed by atoms with Crippen molar-refractivity contribution in [3.05, 3.63) is 29.5 Å². The van der Waals surface area contributed by atoms with Gasteiger partial charge in [-0.05, 0) is 39.0 Å². The summed E-state index contributed by atoms with van der Waals surface area (Å²) in [5.74, 6) is 0.605. The summed E-state index contributed by atoms with van der Waals surface area (Å²) in [5.41, 5.74) is 5.10. The number of amides is 1. The first kappa shape index (κ1) is 16.6. The molecule has 0 saturated carbocycles. The fraction of sp³-hybridized carbons (Fsp3) is 0.556. The lowest BCUT2D eigenvalue weighted by molar-refractivity contribution is -0.130. The molecule has 2 aromatic heterocycles. The molecule has 0 aromatic carbocycles. The first-order valence-corrected chi connectivity index (χ1v) is 8.53. The van der Waals surface area contributed by atoms with E-state index in [4.69, 9.17) is 0 Å². The van der Waals surface area contributed by atoms with Crippen LogP contribution in [0.4, 0.5) is 0 Å². The van der Waals surface area contributed by atoms with Crippen molar-refractivity contribution in [2.24, 2.45) is 13.0 Å². The highest BCUT2D eigenvalue weighted by Gasteiger charge is 2.24. The molecule has 0 aliphatic carbocycles. The van der Waals surface area contributed by atoms with E-state index in [1.54, 1.807) is 19.3 Å². The van der Waals surface area contributed by atoms with E-state index in [1.165, 1.54) is 0 Å². The Kier molecular flexibility index (Phi) is 4.64. The molecule has 1 aliphatic rings. The van der Waals surface area contributed by atoms with Crippen LogP contribution in [0.25, 0.3) is 11.3 Å². The van der Waals surface area contributed by atoms with Gasteiger partial charge in [0, 0.05) is 50.7 Å². The Bertz CT molecular complexity index is 752. The molecule has 6 heteroatoms. The lowest BCUT2D eigenvalue weighted by Gasteiger charge is -2.32. The normalized spacial score (nSPS) is 18.0. The summed E-state index contributed by atoms with van der Waals surface area (Å²) in [4.78, 5) is 22.8. The molecule has 1 atom stereocenters. The molecular weight excluding hydrogens is 302 g/mol. The monoisotopic (exact) mass is 327 g/mol. The molecule has 6 nitrogen and oxygen atoms in total. The van der Waals surface area contributed by atoms with Crippen LogP contribution < -0.4 is 0 Å². The second kappa shape index (κ2) is 6.71. The largest absolute Gasteiger partial charge is 0.343 e. The lowest BCUT2D eigenvalue weighted by atomic mass is 9.91. The van der Waals surface area contributed by atoms with Gasteiger partial charge < -0.3 is 4.90 Å². The van der Waals surface area contributed by atoms with E-state index in [0.717, 1.165) is 60.7 Å². The third-order valence-corrected chi connectivity index (χ3v) is 4.97. The third kappa shape index (κ3) is 3.18. The number of carbonyl (C=O) groups excluding carboxylic acids is 1. The molecule has 0 spiro atoms. The van der Waals surface area contributed by atoms with Gasteiger partial charge in [0.1, 0.15) is 0 Å². The van der Waals surface area contributed by atoms with Crippen molar-refractivity contribution in [1.29, 1.82) is 0 Å². The molecule has 24 heavy (non-hydrogen) atoms. The average molecular weight is 327 g/mol. The second-order valence-corrected chi connectivity index (χ2v) is 6.70. The molecule has 0 N–H and O–H groups in total. The fourth-order valence-corrected chi connectivity index (χ4v) is 3.63. The van der Waals surface area contributed by atoms with Crippen molar-refractivity contribution in [2.75, 3.05) is 13.1 Å². The Hall–Kier alpha value is -2.24. The molecule has 0 unspecified atom stereocenters. The number of nitrogens with zero attached hydrogens (tertiary/aromatic N) is 5. The molecular formula is C18H25N5O. The topological polar surface area (TPSA) is 63.9 Å². The number of aromatic nitrogens is 4. The molecule has 128 valence electrons. The summed E-state index contributed by atoms with van der Waals surface area (Å²) in [6.45, 7) is 7.42. The SMILES string of the molecule is CC(=O)N1CCC[C@H](Cc2nccnc2-c2c(C)nn(C)c2C)C1. The molecule has 3 rings (SSSR count). The highest BCUT2D eigenvalue weighted by Crippen LogP contribution is 2.29. The maximum atomic E-state index is 11.7. The van der Waals surface area contributed by atoms with Crippen LogP contribution in [0.1, 0.15) is 36.8 Å². The molecule has 3 heterocycles.